The minimum Gasteiger partial charge on any atom is -0.462 e. The Bertz CT molecular complexity index is 815. The van der Waals surface area contributed by atoms with E-state index in [0.29, 0.717) is 11.3 Å². The number of nitrogens with zero attached hydrogens (tertiary/aromatic N) is 1. The lowest BCUT2D eigenvalue weighted by atomic mass is 9.96. The smallest absolute Gasteiger partial charge is 0.315 e. The number of aromatic nitrogens is 1. The third-order valence-corrected chi connectivity index (χ3v) is 5.03. The number of carbonyl (C=O) groups excluding carboxylic acids is 2. The molecule has 4 nitrogen and oxygen atoms in total. The average molecular weight is 353 g/mol. The first-order valence-electron chi connectivity index (χ1n) is 9.46. The summed E-state index contributed by atoms with van der Waals surface area (Å²) in [6.07, 6.45) is 2.46. The molecular formula is C22H27NO3. The van der Waals surface area contributed by atoms with Crippen LogP contribution in [0.2, 0.25) is 0 Å². The molecule has 1 aliphatic heterocycles. The van der Waals surface area contributed by atoms with Gasteiger partial charge in [0.1, 0.15) is 0 Å². The fourth-order valence-corrected chi connectivity index (χ4v) is 3.72. The predicted octanol–water partition coefficient (Wildman–Crippen LogP) is 4.42. The first-order chi connectivity index (χ1) is 12.4. The highest BCUT2D eigenvalue weighted by Crippen LogP contribution is 2.33. The Morgan fingerprint density at radius 1 is 1.23 bits per heavy atom. The van der Waals surface area contributed by atoms with Crippen LogP contribution in [-0.2, 0) is 22.5 Å². The molecule has 1 aliphatic rings. The zero-order valence-electron chi connectivity index (χ0n) is 16.0. The molecule has 1 atom stereocenters. The van der Waals surface area contributed by atoms with Gasteiger partial charge < -0.3 is 9.30 Å². The molecule has 0 amide bonds. The van der Waals surface area contributed by atoms with E-state index in [-0.39, 0.29) is 23.8 Å². The van der Waals surface area contributed by atoms with Crippen LogP contribution in [-0.4, -0.2) is 22.4 Å². The number of hydrogen-bond donors (Lipinski definition) is 0. The van der Waals surface area contributed by atoms with Crippen LogP contribution < -0.4 is 0 Å². The van der Waals surface area contributed by atoms with Crippen LogP contribution in [0.3, 0.4) is 0 Å². The maximum absolute atomic E-state index is 13.1. The molecular weight excluding hydrogens is 326 g/mol. The number of ketones is 1. The normalized spacial score (nSPS) is 16.4. The van der Waals surface area contributed by atoms with E-state index in [4.69, 9.17) is 4.74 Å². The fraction of sp³-hybridized carbons (Fsp3) is 0.455. The van der Waals surface area contributed by atoms with Crippen LogP contribution in [0, 0.1) is 6.92 Å². The lowest BCUT2D eigenvalue weighted by Gasteiger charge is -2.25. The van der Waals surface area contributed by atoms with E-state index in [9.17, 15) is 9.59 Å². The Labute approximate surface area is 155 Å². The first kappa shape index (κ1) is 18.4. The second kappa shape index (κ2) is 7.48. The standard InChI is InChI=1S/C22H27NO3/c1-5-16-8-10-17(11-9-16)21(24)20-15(4)13-19-18(7-6-12-23(19)20)22(25)26-14(2)3/h8-11,13-14,18H,5-7,12H2,1-4H3. The predicted molar refractivity (Wildman–Crippen MR) is 102 cm³/mol. The molecule has 26 heavy (non-hydrogen) atoms. The van der Waals surface area contributed by atoms with Gasteiger partial charge in [0.05, 0.1) is 17.7 Å². The molecule has 2 aromatic rings. The van der Waals surface area contributed by atoms with Crippen LogP contribution in [0.5, 0.6) is 0 Å². The molecule has 0 spiro atoms. The molecule has 1 unspecified atom stereocenters. The third-order valence-electron chi connectivity index (χ3n) is 5.03. The summed E-state index contributed by atoms with van der Waals surface area (Å²) in [7, 11) is 0. The van der Waals surface area contributed by atoms with Crippen LogP contribution in [0.15, 0.2) is 30.3 Å². The van der Waals surface area contributed by atoms with Crippen molar-refractivity contribution in [2.75, 3.05) is 0 Å². The monoisotopic (exact) mass is 353 g/mol. The zero-order valence-corrected chi connectivity index (χ0v) is 16.0. The molecule has 0 aliphatic carbocycles. The van der Waals surface area contributed by atoms with Crippen molar-refractivity contribution < 1.29 is 14.3 Å². The van der Waals surface area contributed by atoms with Gasteiger partial charge in [0.15, 0.2) is 0 Å². The van der Waals surface area contributed by atoms with Crippen molar-refractivity contribution in [2.45, 2.75) is 65.5 Å². The Morgan fingerprint density at radius 3 is 2.54 bits per heavy atom. The molecule has 1 aromatic heterocycles. The summed E-state index contributed by atoms with van der Waals surface area (Å²) >= 11 is 0. The van der Waals surface area contributed by atoms with Gasteiger partial charge in [-0.05, 0) is 57.2 Å². The molecule has 0 bridgehead atoms. The molecule has 3 rings (SSSR count). The molecule has 0 radical (unpaired) electrons. The van der Waals surface area contributed by atoms with Gasteiger partial charge in [-0.3, -0.25) is 9.59 Å². The quantitative estimate of drug-likeness (QED) is 0.590. The summed E-state index contributed by atoms with van der Waals surface area (Å²) in [5.41, 5.74) is 4.44. The lowest BCUT2D eigenvalue weighted by molar-refractivity contribution is -0.149. The van der Waals surface area contributed by atoms with E-state index < -0.39 is 0 Å². The highest BCUT2D eigenvalue weighted by molar-refractivity contribution is 6.09. The van der Waals surface area contributed by atoms with Crippen molar-refractivity contribution >= 4 is 11.8 Å². The summed E-state index contributed by atoms with van der Waals surface area (Å²) in [6, 6.07) is 9.79. The second-order valence-electron chi connectivity index (χ2n) is 7.31. The van der Waals surface area contributed by atoms with Gasteiger partial charge in [-0.15, -0.1) is 0 Å². The van der Waals surface area contributed by atoms with Gasteiger partial charge in [-0.2, -0.15) is 0 Å². The van der Waals surface area contributed by atoms with Gasteiger partial charge in [-0.25, -0.2) is 0 Å². The Balaban J connectivity index is 1.96. The molecule has 0 N–H and O–H groups in total. The molecule has 1 aromatic carbocycles. The molecule has 2 heterocycles. The number of aryl methyl sites for hydroxylation is 2. The van der Waals surface area contributed by atoms with Crippen LogP contribution >= 0.6 is 0 Å². The van der Waals surface area contributed by atoms with Crippen molar-refractivity contribution in [1.82, 2.24) is 4.57 Å². The maximum atomic E-state index is 13.1. The van der Waals surface area contributed by atoms with E-state index >= 15 is 0 Å². The Morgan fingerprint density at radius 2 is 1.92 bits per heavy atom. The number of carbonyl (C=O) groups is 2. The highest BCUT2D eigenvalue weighted by Gasteiger charge is 2.32. The number of rotatable bonds is 5. The molecule has 4 heteroatoms. The minimum atomic E-state index is -0.283. The van der Waals surface area contributed by atoms with Gasteiger partial charge >= 0.3 is 5.97 Å². The van der Waals surface area contributed by atoms with Gasteiger partial charge in [0.2, 0.25) is 5.78 Å². The number of hydrogen-bond acceptors (Lipinski definition) is 3. The molecule has 0 saturated heterocycles. The van der Waals surface area contributed by atoms with Crippen molar-refractivity contribution in [2.24, 2.45) is 0 Å². The fourth-order valence-electron chi connectivity index (χ4n) is 3.72. The third kappa shape index (κ3) is 3.46. The highest BCUT2D eigenvalue weighted by atomic mass is 16.5. The van der Waals surface area contributed by atoms with Crippen LogP contribution in [0.4, 0.5) is 0 Å². The summed E-state index contributed by atoms with van der Waals surface area (Å²) in [6.45, 7) is 8.53. The van der Waals surface area contributed by atoms with E-state index in [2.05, 4.69) is 6.92 Å². The zero-order chi connectivity index (χ0) is 18.8. The average Bonchev–Trinajstić information content (AvgIpc) is 2.96. The van der Waals surface area contributed by atoms with Crippen LogP contribution in [0.25, 0.3) is 0 Å². The maximum Gasteiger partial charge on any atom is 0.315 e. The topological polar surface area (TPSA) is 48.3 Å². The van der Waals surface area contributed by atoms with Gasteiger partial charge in [0, 0.05) is 17.8 Å². The lowest BCUT2D eigenvalue weighted by Crippen LogP contribution is -2.27. The number of esters is 1. The van der Waals surface area contributed by atoms with Gasteiger partial charge in [0.25, 0.3) is 0 Å². The van der Waals surface area contributed by atoms with E-state index in [1.807, 2.05) is 55.7 Å². The molecule has 138 valence electrons. The van der Waals surface area contributed by atoms with Crippen molar-refractivity contribution in [3.8, 4) is 0 Å². The minimum absolute atomic E-state index is 0.0225. The van der Waals surface area contributed by atoms with E-state index in [1.54, 1.807) is 0 Å². The summed E-state index contributed by atoms with van der Waals surface area (Å²) < 4.78 is 7.46. The SMILES string of the molecule is CCc1ccc(C(=O)c2c(C)cc3n2CCCC3C(=O)OC(C)C)cc1. The van der Waals surface area contributed by atoms with Crippen molar-refractivity contribution in [1.29, 1.82) is 0 Å². The number of fused-ring (bicyclic) bond motifs is 1. The van der Waals surface area contributed by atoms with Gasteiger partial charge in [-0.1, -0.05) is 31.2 Å². The summed E-state index contributed by atoms with van der Waals surface area (Å²) in [5.74, 6) is -0.451. The Hall–Kier alpha value is -2.36. The largest absolute Gasteiger partial charge is 0.462 e. The van der Waals surface area contributed by atoms with Crippen LogP contribution in [0.1, 0.15) is 72.4 Å². The Kier molecular flexibility index (Phi) is 5.30. The molecule has 0 saturated carbocycles. The second-order valence-corrected chi connectivity index (χ2v) is 7.31. The van der Waals surface area contributed by atoms with E-state index in [1.165, 1.54) is 5.56 Å². The van der Waals surface area contributed by atoms with E-state index in [0.717, 1.165) is 37.1 Å². The number of ether oxygens (including phenoxy) is 1. The first-order valence-corrected chi connectivity index (χ1v) is 9.46. The summed E-state index contributed by atoms with van der Waals surface area (Å²) in [5, 5.41) is 0. The number of benzene rings is 1. The van der Waals surface area contributed by atoms with Crippen molar-refractivity contribution in [3.63, 3.8) is 0 Å². The molecule has 0 fully saturated rings. The summed E-state index contributed by atoms with van der Waals surface area (Å²) in [4.78, 5) is 25.6. The van der Waals surface area contributed by atoms with Crippen molar-refractivity contribution in [3.05, 3.63) is 58.4 Å².